The third-order valence-electron chi connectivity index (χ3n) is 3.72. The van der Waals surface area contributed by atoms with E-state index in [1.807, 2.05) is 0 Å². The fraction of sp³-hybridized carbons (Fsp3) is 0.385. The lowest BCUT2D eigenvalue weighted by Gasteiger charge is -2.39. The number of amides is 1. The molecule has 23 heavy (non-hydrogen) atoms. The summed E-state index contributed by atoms with van der Waals surface area (Å²) in [5.74, 6) is -3.85. The number of fused-ring (bicyclic) bond motifs is 1. The molecule has 0 aliphatic carbocycles. The van der Waals surface area contributed by atoms with Crippen LogP contribution >= 0.6 is 0 Å². The van der Waals surface area contributed by atoms with Crippen LogP contribution in [0, 0.1) is 10.1 Å². The first-order chi connectivity index (χ1) is 10.5. The summed E-state index contributed by atoms with van der Waals surface area (Å²) in [7, 11) is 0. The molecule has 0 fully saturated rings. The molecule has 0 spiro atoms. The van der Waals surface area contributed by atoms with Gasteiger partial charge in [-0.2, -0.15) is 13.2 Å². The van der Waals surface area contributed by atoms with Gasteiger partial charge in [0.15, 0.2) is 0 Å². The molecule has 10 heteroatoms. The molecule has 1 amide bonds. The van der Waals surface area contributed by atoms with Gasteiger partial charge in [0, 0.05) is 18.6 Å². The summed E-state index contributed by atoms with van der Waals surface area (Å²) in [6.45, 7) is 1.21. The number of nitro benzene ring substituents is 1. The fourth-order valence-corrected chi connectivity index (χ4v) is 2.67. The van der Waals surface area contributed by atoms with Crippen LogP contribution in [0.5, 0.6) is 0 Å². The largest absolute Gasteiger partial charge is 0.480 e. The van der Waals surface area contributed by atoms with Crippen molar-refractivity contribution < 1.29 is 32.8 Å². The second kappa shape index (κ2) is 5.52. The quantitative estimate of drug-likeness (QED) is 0.660. The molecule has 1 aromatic rings. The van der Waals surface area contributed by atoms with Gasteiger partial charge in [0.05, 0.1) is 11.0 Å². The lowest BCUT2D eigenvalue weighted by molar-refractivity contribution is -0.385. The summed E-state index contributed by atoms with van der Waals surface area (Å²) < 4.78 is 38.2. The second-order valence-corrected chi connectivity index (χ2v) is 5.08. The van der Waals surface area contributed by atoms with E-state index in [9.17, 15) is 32.9 Å². The molecule has 0 aromatic heterocycles. The number of hydrogen-bond donors (Lipinski definition) is 1. The molecule has 1 aliphatic rings. The maximum absolute atomic E-state index is 12.7. The van der Waals surface area contributed by atoms with Gasteiger partial charge < -0.3 is 10.0 Å². The van der Waals surface area contributed by atoms with Gasteiger partial charge in [-0.3, -0.25) is 14.9 Å². The number of carboxylic acids is 1. The Bertz CT molecular complexity index is 689. The van der Waals surface area contributed by atoms with Crippen LogP contribution in [-0.4, -0.2) is 39.0 Å². The number of benzene rings is 1. The van der Waals surface area contributed by atoms with E-state index in [-0.39, 0.29) is 22.6 Å². The molecule has 0 saturated carbocycles. The van der Waals surface area contributed by atoms with Crippen LogP contribution in [0.15, 0.2) is 18.2 Å². The average Bonchev–Trinajstić information content (AvgIpc) is 2.44. The van der Waals surface area contributed by atoms with E-state index in [0.29, 0.717) is 5.56 Å². The van der Waals surface area contributed by atoms with Gasteiger partial charge in [0.25, 0.3) is 5.69 Å². The summed E-state index contributed by atoms with van der Waals surface area (Å²) in [5, 5.41) is 19.9. The summed E-state index contributed by atoms with van der Waals surface area (Å²) in [4.78, 5) is 33.1. The molecule has 1 aliphatic heterocycles. The summed E-state index contributed by atoms with van der Waals surface area (Å²) in [6.07, 6.45) is -5.59. The minimum atomic E-state index is -5.24. The Hall–Kier alpha value is -2.65. The van der Waals surface area contributed by atoms with Crippen molar-refractivity contribution in [3.05, 3.63) is 39.4 Å². The number of carboxylic acid groups (broad SMARTS) is 1. The zero-order valence-electron chi connectivity index (χ0n) is 11.7. The highest BCUT2D eigenvalue weighted by molar-refractivity contribution is 5.88. The minimum absolute atomic E-state index is 0.134. The number of carbonyl (C=O) groups is 2. The number of alkyl halides is 3. The van der Waals surface area contributed by atoms with Crippen LogP contribution in [0.3, 0.4) is 0 Å². The first-order valence-corrected chi connectivity index (χ1v) is 6.43. The molecule has 1 N–H and O–H groups in total. The van der Waals surface area contributed by atoms with Gasteiger partial charge in [-0.1, -0.05) is 6.07 Å². The van der Waals surface area contributed by atoms with Crippen molar-refractivity contribution >= 4 is 17.6 Å². The van der Waals surface area contributed by atoms with Crippen LogP contribution in [0.25, 0.3) is 0 Å². The molecule has 7 nitrogen and oxygen atoms in total. The maximum atomic E-state index is 12.7. The molecule has 2 rings (SSSR count). The molecule has 1 heterocycles. The lowest BCUT2D eigenvalue weighted by atomic mass is 9.88. The number of nitrogens with zero attached hydrogens (tertiary/aromatic N) is 2. The number of nitro groups is 1. The molecule has 0 bridgehead atoms. The zero-order chi connectivity index (χ0) is 17.5. The van der Waals surface area contributed by atoms with Crippen LogP contribution in [-0.2, 0) is 16.0 Å². The minimum Gasteiger partial charge on any atom is -0.480 e. The van der Waals surface area contributed by atoms with Crippen molar-refractivity contribution in [1.29, 1.82) is 0 Å². The fourth-order valence-electron chi connectivity index (χ4n) is 2.67. The van der Waals surface area contributed by atoms with Gasteiger partial charge in [0.1, 0.15) is 6.04 Å². The molecule has 2 atom stereocenters. The molecule has 1 aromatic carbocycles. The van der Waals surface area contributed by atoms with Gasteiger partial charge >= 0.3 is 18.1 Å². The van der Waals surface area contributed by atoms with Crippen molar-refractivity contribution in [2.24, 2.45) is 0 Å². The Balaban J connectivity index is 2.55. The van der Waals surface area contributed by atoms with E-state index >= 15 is 0 Å². The van der Waals surface area contributed by atoms with Crippen LogP contribution < -0.4 is 0 Å². The summed E-state index contributed by atoms with van der Waals surface area (Å²) in [6, 6.07) is 0.567. The Morgan fingerprint density at radius 3 is 2.48 bits per heavy atom. The van der Waals surface area contributed by atoms with Crippen molar-refractivity contribution in [3.8, 4) is 0 Å². The Labute approximate surface area is 127 Å². The molecular formula is C13H11F3N2O5. The van der Waals surface area contributed by atoms with Crippen LogP contribution in [0.2, 0.25) is 0 Å². The first kappa shape index (κ1) is 16.7. The number of halogens is 3. The first-order valence-electron chi connectivity index (χ1n) is 6.43. The smallest absolute Gasteiger partial charge is 0.471 e. The third-order valence-corrected chi connectivity index (χ3v) is 3.72. The van der Waals surface area contributed by atoms with E-state index < -0.39 is 35.1 Å². The average molecular weight is 332 g/mol. The van der Waals surface area contributed by atoms with Gasteiger partial charge in [-0.05, 0) is 18.1 Å². The molecule has 124 valence electrons. The highest BCUT2D eigenvalue weighted by Crippen LogP contribution is 2.37. The molecule has 0 radical (unpaired) electrons. The zero-order valence-corrected chi connectivity index (χ0v) is 11.7. The number of aliphatic carboxylic acids is 1. The maximum Gasteiger partial charge on any atom is 0.471 e. The summed E-state index contributed by atoms with van der Waals surface area (Å²) in [5.41, 5.74) is 0.153. The SMILES string of the molecule is C[C@H]1c2cc([N+](=O)[O-])ccc2CC(C(=O)O)N1C(=O)C(F)(F)F. The van der Waals surface area contributed by atoms with E-state index in [4.69, 9.17) is 5.11 Å². The van der Waals surface area contributed by atoms with Crippen LogP contribution in [0.1, 0.15) is 24.1 Å². The second-order valence-electron chi connectivity index (χ2n) is 5.08. The topological polar surface area (TPSA) is 101 Å². The van der Waals surface area contributed by atoms with Crippen LogP contribution in [0.4, 0.5) is 18.9 Å². The summed E-state index contributed by atoms with van der Waals surface area (Å²) >= 11 is 0. The number of non-ortho nitro benzene ring substituents is 1. The van der Waals surface area contributed by atoms with E-state index in [1.54, 1.807) is 0 Å². The predicted molar refractivity (Wildman–Crippen MR) is 69.5 cm³/mol. The van der Waals surface area contributed by atoms with Crippen molar-refractivity contribution in [2.45, 2.75) is 31.6 Å². The lowest BCUT2D eigenvalue weighted by Crippen LogP contribution is -2.54. The standard InChI is InChI=1S/C13H11F3N2O5/c1-6-9-5-8(18(22)23)3-2-7(9)4-10(11(19)20)17(6)12(21)13(14,15)16/h2-3,5-6,10H,4H2,1H3,(H,19,20)/t6-,10?/m0/s1. The Morgan fingerprint density at radius 1 is 1.39 bits per heavy atom. The molecule has 1 unspecified atom stereocenters. The number of carbonyl (C=O) groups excluding carboxylic acids is 1. The van der Waals surface area contributed by atoms with Crippen molar-refractivity contribution in [2.75, 3.05) is 0 Å². The predicted octanol–water partition coefficient (Wildman–Crippen LogP) is 2.06. The highest BCUT2D eigenvalue weighted by Gasteiger charge is 2.50. The number of rotatable bonds is 2. The molecule has 0 saturated heterocycles. The normalized spacial score (nSPS) is 20.8. The van der Waals surface area contributed by atoms with E-state index in [2.05, 4.69) is 0 Å². The van der Waals surface area contributed by atoms with Gasteiger partial charge in [-0.15, -0.1) is 0 Å². The van der Waals surface area contributed by atoms with E-state index in [0.717, 1.165) is 12.1 Å². The molecular weight excluding hydrogens is 321 g/mol. The monoisotopic (exact) mass is 332 g/mol. The van der Waals surface area contributed by atoms with Crippen molar-refractivity contribution in [1.82, 2.24) is 4.90 Å². The Kier molecular flexibility index (Phi) is 4.01. The van der Waals surface area contributed by atoms with E-state index in [1.165, 1.54) is 13.0 Å². The third kappa shape index (κ3) is 2.96. The highest BCUT2D eigenvalue weighted by atomic mass is 19.4. The number of hydrogen-bond acceptors (Lipinski definition) is 4. The van der Waals surface area contributed by atoms with Gasteiger partial charge in [-0.25, -0.2) is 4.79 Å². The van der Waals surface area contributed by atoms with Gasteiger partial charge in [0.2, 0.25) is 0 Å². The Morgan fingerprint density at radius 2 is 2.00 bits per heavy atom. The van der Waals surface area contributed by atoms with Crippen molar-refractivity contribution in [3.63, 3.8) is 0 Å².